The molecule has 2 aromatic rings. The van der Waals surface area contributed by atoms with Gasteiger partial charge in [0.15, 0.2) is 11.6 Å². The zero-order valence-corrected chi connectivity index (χ0v) is 12.8. The molecule has 0 aliphatic heterocycles. The van der Waals surface area contributed by atoms with E-state index in [0.717, 1.165) is 6.42 Å². The molecular weight excluding hydrogens is 265 g/mol. The van der Waals surface area contributed by atoms with E-state index in [-0.39, 0.29) is 11.9 Å². The van der Waals surface area contributed by atoms with Crippen LogP contribution >= 0.6 is 0 Å². The molecular formula is C18H22FNO. The molecule has 21 heavy (non-hydrogen) atoms. The lowest BCUT2D eigenvalue weighted by atomic mass is 9.98. The number of benzene rings is 2. The number of likely N-dealkylation sites (N-methyl/N-ethyl adjacent to an activating group) is 1. The second-order valence-electron chi connectivity index (χ2n) is 5.31. The molecule has 112 valence electrons. The van der Waals surface area contributed by atoms with Crippen LogP contribution in [0.1, 0.15) is 16.7 Å². The summed E-state index contributed by atoms with van der Waals surface area (Å²) in [7, 11) is 3.40. The third-order valence-corrected chi connectivity index (χ3v) is 3.74. The van der Waals surface area contributed by atoms with E-state index >= 15 is 0 Å². The Morgan fingerprint density at radius 2 is 1.81 bits per heavy atom. The second-order valence-corrected chi connectivity index (χ2v) is 5.31. The summed E-state index contributed by atoms with van der Waals surface area (Å²) in [6.07, 6.45) is 1.50. The van der Waals surface area contributed by atoms with E-state index in [0.29, 0.717) is 17.7 Å². The van der Waals surface area contributed by atoms with E-state index in [2.05, 4.69) is 36.5 Å². The molecule has 0 aliphatic rings. The van der Waals surface area contributed by atoms with Gasteiger partial charge in [0.25, 0.3) is 0 Å². The Kier molecular flexibility index (Phi) is 5.34. The van der Waals surface area contributed by atoms with Crippen LogP contribution in [0.3, 0.4) is 0 Å². The molecule has 0 amide bonds. The zero-order chi connectivity index (χ0) is 15.2. The number of methoxy groups -OCH3 is 1. The van der Waals surface area contributed by atoms with Crippen LogP contribution in [0.2, 0.25) is 0 Å². The minimum atomic E-state index is -0.260. The molecule has 1 unspecified atom stereocenters. The lowest BCUT2D eigenvalue weighted by Crippen LogP contribution is -2.30. The predicted octanol–water partition coefficient (Wildman–Crippen LogP) is 3.52. The summed E-state index contributed by atoms with van der Waals surface area (Å²) in [5, 5.41) is 3.27. The molecule has 0 saturated carbocycles. The average molecular weight is 287 g/mol. The van der Waals surface area contributed by atoms with Crippen LogP contribution in [0, 0.1) is 12.7 Å². The fraction of sp³-hybridized carbons (Fsp3) is 0.333. The van der Waals surface area contributed by atoms with E-state index in [1.807, 2.05) is 19.2 Å². The molecule has 3 heteroatoms. The van der Waals surface area contributed by atoms with Gasteiger partial charge in [-0.05, 0) is 44.0 Å². The number of ether oxygens (including phenoxy) is 1. The highest BCUT2D eigenvalue weighted by Gasteiger charge is 2.14. The molecule has 2 rings (SSSR count). The maximum Gasteiger partial charge on any atom is 0.168 e. The highest BCUT2D eigenvalue weighted by Crippen LogP contribution is 2.21. The first-order chi connectivity index (χ1) is 10.1. The topological polar surface area (TPSA) is 21.3 Å². The summed E-state index contributed by atoms with van der Waals surface area (Å²) >= 11 is 0. The Morgan fingerprint density at radius 1 is 1.10 bits per heavy atom. The summed E-state index contributed by atoms with van der Waals surface area (Å²) in [5.74, 6) is 0.0434. The fourth-order valence-corrected chi connectivity index (χ4v) is 2.42. The fourth-order valence-electron chi connectivity index (χ4n) is 2.42. The summed E-state index contributed by atoms with van der Waals surface area (Å²) in [6, 6.07) is 13.9. The quantitative estimate of drug-likeness (QED) is 0.878. The van der Waals surface area contributed by atoms with Crippen molar-refractivity contribution in [3.8, 4) is 5.75 Å². The highest BCUT2D eigenvalue weighted by atomic mass is 19.1. The molecule has 0 fully saturated rings. The molecule has 2 aromatic carbocycles. The lowest BCUT2D eigenvalue weighted by molar-refractivity contribution is 0.382. The molecule has 0 aliphatic carbocycles. The maximum atomic E-state index is 14.2. The molecule has 0 radical (unpaired) electrons. The molecule has 1 N–H and O–H groups in total. The van der Waals surface area contributed by atoms with Gasteiger partial charge in [0, 0.05) is 6.04 Å². The van der Waals surface area contributed by atoms with Crippen LogP contribution in [-0.4, -0.2) is 20.2 Å². The first kappa shape index (κ1) is 15.5. The van der Waals surface area contributed by atoms with Crippen molar-refractivity contribution in [1.82, 2.24) is 5.32 Å². The van der Waals surface area contributed by atoms with Crippen molar-refractivity contribution in [2.75, 3.05) is 14.2 Å². The van der Waals surface area contributed by atoms with Gasteiger partial charge in [0.1, 0.15) is 0 Å². The van der Waals surface area contributed by atoms with Crippen molar-refractivity contribution in [1.29, 1.82) is 0 Å². The molecule has 2 nitrogen and oxygen atoms in total. The van der Waals surface area contributed by atoms with Crippen LogP contribution in [0.4, 0.5) is 4.39 Å². The van der Waals surface area contributed by atoms with Crippen LogP contribution < -0.4 is 10.1 Å². The van der Waals surface area contributed by atoms with Gasteiger partial charge in [-0.2, -0.15) is 0 Å². The van der Waals surface area contributed by atoms with Crippen molar-refractivity contribution < 1.29 is 9.13 Å². The highest BCUT2D eigenvalue weighted by molar-refractivity contribution is 5.32. The normalized spacial score (nSPS) is 12.2. The summed E-state index contributed by atoms with van der Waals surface area (Å²) in [4.78, 5) is 0. The largest absolute Gasteiger partial charge is 0.494 e. The molecule has 0 aromatic heterocycles. The number of nitrogens with one attached hydrogen (secondary N) is 1. The van der Waals surface area contributed by atoms with Crippen molar-refractivity contribution >= 4 is 0 Å². The number of halogens is 1. The minimum Gasteiger partial charge on any atom is -0.494 e. The third kappa shape index (κ3) is 4.05. The minimum absolute atomic E-state index is 0.189. The van der Waals surface area contributed by atoms with Gasteiger partial charge in [-0.3, -0.25) is 0 Å². The van der Waals surface area contributed by atoms with Crippen LogP contribution in [0.15, 0.2) is 42.5 Å². The van der Waals surface area contributed by atoms with E-state index in [1.54, 1.807) is 6.07 Å². The Labute approximate surface area is 126 Å². The SMILES string of the molecule is CNC(Cc1ccc(C)cc1)Cc1cccc(OC)c1F. The first-order valence-electron chi connectivity index (χ1n) is 7.18. The van der Waals surface area contributed by atoms with Gasteiger partial charge >= 0.3 is 0 Å². The second kappa shape index (κ2) is 7.23. The number of aryl methyl sites for hydroxylation is 1. The Balaban J connectivity index is 2.10. The van der Waals surface area contributed by atoms with Crippen LogP contribution in [0.5, 0.6) is 5.75 Å². The number of rotatable bonds is 6. The van der Waals surface area contributed by atoms with E-state index in [1.165, 1.54) is 18.2 Å². The Hall–Kier alpha value is -1.87. The average Bonchev–Trinajstić information content (AvgIpc) is 2.50. The van der Waals surface area contributed by atoms with E-state index < -0.39 is 0 Å². The van der Waals surface area contributed by atoms with Gasteiger partial charge in [-0.25, -0.2) is 4.39 Å². The molecule has 1 atom stereocenters. The van der Waals surface area contributed by atoms with Crippen molar-refractivity contribution in [2.24, 2.45) is 0 Å². The molecule has 0 heterocycles. The van der Waals surface area contributed by atoms with Crippen LogP contribution in [0.25, 0.3) is 0 Å². The van der Waals surface area contributed by atoms with Crippen LogP contribution in [-0.2, 0) is 12.8 Å². The van der Waals surface area contributed by atoms with Gasteiger partial charge in [-0.15, -0.1) is 0 Å². The van der Waals surface area contributed by atoms with Crippen molar-refractivity contribution in [2.45, 2.75) is 25.8 Å². The third-order valence-electron chi connectivity index (χ3n) is 3.74. The zero-order valence-electron chi connectivity index (χ0n) is 12.8. The molecule has 0 spiro atoms. The monoisotopic (exact) mass is 287 g/mol. The summed E-state index contributed by atoms with van der Waals surface area (Å²) in [5.41, 5.74) is 3.18. The number of hydrogen-bond acceptors (Lipinski definition) is 2. The first-order valence-corrected chi connectivity index (χ1v) is 7.18. The predicted molar refractivity (Wildman–Crippen MR) is 84.4 cm³/mol. The maximum absolute atomic E-state index is 14.2. The van der Waals surface area contributed by atoms with Gasteiger partial charge in [0.05, 0.1) is 7.11 Å². The summed E-state index contributed by atoms with van der Waals surface area (Å²) in [6.45, 7) is 2.07. The number of hydrogen-bond donors (Lipinski definition) is 1. The van der Waals surface area contributed by atoms with Gasteiger partial charge in [-0.1, -0.05) is 42.0 Å². The molecule has 0 saturated heterocycles. The Morgan fingerprint density at radius 3 is 2.43 bits per heavy atom. The van der Waals surface area contributed by atoms with E-state index in [9.17, 15) is 4.39 Å². The van der Waals surface area contributed by atoms with Crippen molar-refractivity contribution in [3.63, 3.8) is 0 Å². The van der Waals surface area contributed by atoms with Crippen molar-refractivity contribution in [3.05, 3.63) is 65.0 Å². The van der Waals surface area contributed by atoms with Gasteiger partial charge < -0.3 is 10.1 Å². The standard InChI is InChI=1S/C18H22FNO/c1-13-7-9-14(10-8-13)11-16(20-2)12-15-5-4-6-17(21-3)18(15)19/h4-10,16,20H,11-12H2,1-3H3. The lowest BCUT2D eigenvalue weighted by Gasteiger charge is -2.17. The van der Waals surface area contributed by atoms with Gasteiger partial charge in [0.2, 0.25) is 0 Å². The van der Waals surface area contributed by atoms with E-state index in [4.69, 9.17) is 4.74 Å². The smallest absolute Gasteiger partial charge is 0.168 e. The Bertz CT molecular complexity index is 580. The summed E-state index contributed by atoms with van der Waals surface area (Å²) < 4.78 is 19.2. The molecule has 0 bridgehead atoms.